The fraction of sp³-hybridized carbons (Fsp3) is 0.545. The molecule has 3 heterocycles. The van der Waals surface area contributed by atoms with E-state index in [0.717, 1.165) is 58.4 Å². The van der Waals surface area contributed by atoms with Gasteiger partial charge in [0.1, 0.15) is 0 Å². The molecular weight excluding hydrogens is 456 g/mol. The van der Waals surface area contributed by atoms with Crippen LogP contribution >= 0.6 is 0 Å². The average Bonchev–Trinajstić information content (AvgIpc) is 3.31. The van der Waals surface area contributed by atoms with E-state index < -0.39 is 0 Å². The number of amides is 1. The lowest BCUT2D eigenvalue weighted by molar-refractivity contribution is -0.139. The highest BCUT2D eigenvalue weighted by Crippen LogP contribution is 2.38. The second kappa shape index (κ2) is 12.3. The molecule has 1 aromatic carbocycles. The standard InChI is InChI=1S/C33H46N2O2/c1-7-9-28(20-24(6)23(5)8-2)32-31(22(3)4)29-21-27(10-11-30(29)34-32)25-12-16-35(17-13-25)33(36)26-14-18-37-19-15-26/h7,9-11,20-23,25-26,34H,1,8,12-19H2,2-6H3/b24-20-,28-9+. The summed E-state index contributed by atoms with van der Waals surface area (Å²) >= 11 is 0. The molecule has 4 rings (SSSR count). The minimum Gasteiger partial charge on any atom is -0.381 e. The number of rotatable bonds is 8. The smallest absolute Gasteiger partial charge is 0.225 e. The lowest BCUT2D eigenvalue weighted by Gasteiger charge is -2.35. The zero-order chi connectivity index (χ0) is 26.5. The monoisotopic (exact) mass is 502 g/mol. The minimum absolute atomic E-state index is 0.157. The topological polar surface area (TPSA) is 45.3 Å². The van der Waals surface area contributed by atoms with Gasteiger partial charge in [-0.3, -0.25) is 4.79 Å². The molecule has 0 spiro atoms. The zero-order valence-electron chi connectivity index (χ0n) is 23.6. The van der Waals surface area contributed by atoms with Crippen molar-refractivity contribution in [2.45, 2.75) is 78.6 Å². The number of benzene rings is 1. The fourth-order valence-electron chi connectivity index (χ4n) is 5.99. The maximum Gasteiger partial charge on any atom is 0.225 e. The second-order valence-corrected chi connectivity index (χ2v) is 11.4. The Morgan fingerprint density at radius 1 is 1.16 bits per heavy atom. The Bertz CT molecular complexity index is 1150. The van der Waals surface area contributed by atoms with E-state index in [4.69, 9.17) is 4.74 Å². The van der Waals surface area contributed by atoms with E-state index in [-0.39, 0.29) is 5.92 Å². The Hall–Kier alpha value is -2.59. The lowest BCUT2D eigenvalue weighted by atomic mass is 9.86. The average molecular weight is 503 g/mol. The van der Waals surface area contributed by atoms with Crippen molar-refractivity contribution in [2.75, 3.05) is 26.3 Å². The molecule has 2 saturated heterocycles. The van der Waals surface area contributed by atoms with Crippen LogP contribution in [0.1, 0.15) is 95.4 Å². The van der Waals surface area contributed by atoms with Gasteiger partial charge in [0, 0.05) is 48.8 Å². The van der Waals surface area contributed by atoms with Crippen LogP contribution in [-0.2, 0) is 9.53 Å². The molecule has 4 nitrogen and oxygen atoms in total. The van der Waals surface area contributed by atoms with Crippen molar-refractivity contribution in [1.29, 1.82) is 0 Å². The molecule has 1 amide bonds. The number of carbonyl (C=O) groups is 1. The minimum atomic E-state index is 0.157. The third-order valence-corrected chi connectivity index (χ3v) is 8.65. The zero-order valence-corrected chi connectivity index (χ0v) is 23.6. The molecule has 2 fully saturated rings. The summed E-state index contributed by atoms with van der Waals surface area (Å²) in [7, 11) is 0. The molecule has 1 N–H and O–H groups in total. The number of piperidine rings is 1. The van der Waals surface area contributed by atoms with E-state index in [1.54, 1.807) is 0 Å². The van der Waals surface area contributed by atoms with Gasteiger partial charge in [-0.05, 0) is 85.6 Å². The number of nitrogens with zero attached hydrogens (tertiary/aromatic N) is 1. The first kappa shape index (κ1) is 27.4. The summed E-state index contributed by atoms with van der Waals surface area (Å²) in [5.74, 6) is 1.94. The number of aromatic amines is 1. The van der Waals surface area contributed by atoms with Crippen LogP contribution in [-0.4, -0.2) is 42.1 Å². The molecule has 0 bridgehead atoms. The van der Waals surface area contributed by atoms with E-state index >= 15 is 0 Å². The van der Waals surface area contributed by atoms with Crippen LogP contribution < -0.4 is 0 Å². The summed E-state index contributed by atoms with van der Waals surface area (Å²) in [6, 6.07) is 6.98. The van der Waals surface area contributed by atoms with Gasteiger partial charge in [-0.25, -0.2) is 0 Å². The molecular formula is C33H46N2O2. The number of carbonyl (C=O) groups excluding carboxylic acids is 1. The quantitative estimate of drug-likeness (QED) is 0.372. The molecule has 1 unspecified atom stereocenters. The van der Waals surface area contributed by atoms with Gasteiger partial charge < -0.3 is 14.6 Å². The van der Waals surface area contributed by atoms with Gasteiger partial charge in [0.15, 0.2) is 0 Å². The normalized spacial score (nSPS) is 19.6. The Morgan fingerprint density at radius 3 is 2.49 bits per heavy atom. The van der Waals surface area contributed by atoms with E-state index in [1.165, 1.54) is 38.9 Å². The molecule has 2 aliphatic rings. The largest absolute Gasteiger partial charge is 0.381 e. The van der Waals surface area contributed by atoms with E-state index in [1.807, 2.05) is 6.08 Å². The van der Waals surface area contributed by atoms with Crippen molar-refractivity contribution >= 4 is 22.4 Å². The Balaban J connectivity index is 1.59. The number of hydrogen-bond donors (Lipinski definition) is 1. The summed E-state index contributed by atoms with van der Waals surface area (Å²) < 4.78 is 5.45. The maximum absolute atomic E-state index is 13.0. The highest BCUT2D eigenvalue weighted by atomic mass is 16.5. The molecule has 2 aromatic rings. The first-order valence-corrected chi connectivity index (χ1v) is 14.4. The molecule has 4 heteroatoms. The number of allylic oxidation sites excluding steroid dienone is 5. The van der Waals surface area contributed by atoms with Gasteiger partial charge in [-0.2, -0.15) is 0 Å². The Kier molecular flexibility index (Phi) is 9.13. The van der Waals surface area contributed by atoms with Gasteiger partial charge in [-0.15, -0.1) is 0 Å². The predicted molar refractivity (Wildman–Crippen MR) is 156 cm³/mol. The van der Waals surface area contributed by atoms with Gasteiger partial charge in [0.2, 0.25) is 5.91 Å². The van der Waals surface area contributed by atoms with Crippen LogP contribution in [0.25, 0.3) is 16.5 Å². The van der Waals surface area contributed by atoms with Crippen LogP contribution in [0.4, 0.5) is 0 Å². The van der Waals surface area contributed by atoms with Gasteiger partial charge >= 0.3 is 0 Å². The number of ether oxygens (including phenoxy) is 1. The van der Waals surface area contributed by atoms with E-state index in [9.17, 15) is 4.79 Å². The summed E-state index contributed by atoms with van der Waals surface area (Å²) in [4.78, 5) is 18.9. The van der Waals surface area contributed by atoms with Crippen molar-refractivity contribution in [3.63, 3.8) is 0 Å². The Labute approximate surface area is 223 Å². The van der Waals surface area contributed by atoms with Crippen molar-refractivity contribution in [3.8, 4) is 0 Å². The van der Waals surface area contributed by atoms with Crippen LogP contribution in [0.2, 0.25) is 0 Å². The second-order valence-electron chi connectivity index (χ2n) is 11.4. The van der Waals surface area contributed by atoms with Gasteiger partial charge in [0.25, 0.3) is 0 Å². The highest BCUT2D eigenvalue weighted by molar-refractivity contribution is 5.92. The van der Waals surface area contributed by atoms with Crippen molar-refractivity contribution in [2.24, 2.45) is 11.8 Å². The molecule has 37 heavy (non-hydrogen) atoms. The summed E-state index contributed by atoms with van der Waals surface area (Å²) in [5.41, 5.74) is 7.78. The van der Waals surface area contributed by atoms with Crippen LogP contribution in [0, 0.1) is 11.8 Å². The van der Waals surface area contributed by atoms with Crippen molar-refractivity contribution in [1.82, 2.24) is 9.88 Å². The van der Waals surface area contributed by atoms with E-state index in [2.05, 4.69) is 81.4 Å². The molecule has 0 radical (unpaired) electrons. The van der Waals surface area contributed by atoms with Crippen molar-refractivity contribution in [3.05, 3.63) is 65.4 Å². The third kappa shape index (κ3) is 6.12. The predicted octanol–water partition coefficient (Wildman–Crippen LogP) is 7.99. The Morgan fingerprint density at radius 2 is 1.86 bits per heavy atom. The number of hydrogen-bond acceptors (Lipinski definition) is 2. The molecule has 0 saturated carbocycles. The number of likely N-dealkylation sites (tertiary alicyclic amines) is 1. The molecule has 200 valence electrons. The number of H-pyrrole nitrogens is 1. The van der Waals surface area contributed by atoms with E-state index in [0.29, 0.717) is 23.7 Å². The summed E-state index contributed by atoms with van der Waals surface area (Å²) in [5, 5.41) is 1.33. The third-order valence-electron chi connectivity index (χ3n) is 8.65. The number of fused-ring (bicyclic) bond motifs is 1. The molecule has 1 aromatic heterocycles. The number of aromatic nitrogens is 1. The lowest BCUT2D eigenvalue weighted by Crippen LogP contribution is -2.42. The first-order chi connectivity index (χ1) is 17.8. The van der Waals surface area contributed by atoms with Crippen LogP contribution in [0.3, 0.4) is 0 Å². The highest BCUT2D eigenvalue weighted by Gasteiger charge is 2.30. The first-order valence-electron chi connectivity index (χ1n) is 14.4. The SMILES string of the molecule is C=C/C=C(\C=C(\C)C(C)CC)c1[nH]c2ccc(C3CCN(C(=O)C4CCOCC4)CC3)cc2c1C(C)C. The molecule has 2 aliphatic heterocycles. The summed E-state index contributed by atoms with van der Waals surface area (Å²) in [6.45, 7) is 18.5. The van der Waals surface area contributed by atoms with Gasteiger partial charge in [0.05, 0.1) is 0 Å². The van der Waals surface area contributed by atoms with Crippen molar-refractivity contribution < 1.29 is 9.53 Å². The molecule has 1 atom stereocenters. The van der Waals surface area contributed by atoms with Crippen LogP contribution in [0.15, 0.2) is 48.6 Å². The fourth-order valence-corrected chi connectivity index (χ4v) is 5.99. The van der Waals surface area contributed by atoms with Gasteiger partial charge in [-0.1, -0.05) is 64.1 Å². The summed E-state index contributed by atoms with van der Waals surface area (Å²) in [6.07, 6.45) is 11.3. The van der Waals surface area contributed by atoms with Crippen LogP contribution in [0.5, 0.6) is 0 Å². The number of nitrogens with one attached hydrogen (secondary N) is 1. The maximum atomic E-state index is 13.0. The molecule has 0 aliphatic carbocycles.